The molecule has 8 heteroatoms. The van der Waals surface area contributed by atoms with Crippen molar-refractivity contribution in [1.29, 1.82) is 0 Å². The molecule has 0 fully saturated rings. The van der Waals surface area contributed by atoms with Crippen molar-refractivity contribution in [1.82, 2.24) is 4.72 Å². The van der Waals surface area contributed by atoms with Crippen LogP contribution in [-0.4, -0.2) is 28.0 Å². The van der Waals surface area contributed by atoms with Crippen LogP contribution in [0.1, 0.15) is 0 Å². The third kappa shape index (κ3) is 3.10. The summed E-state index contributed by atoms with van der Waals surface area (Å²) in [5.74, 6) is -0.664. The minimum absolute atomic E-state index is 0.0204. The molecular weight excluding hydrogens is 386 g/mol. The highest BCUT2D eigenvalue weighted by molar-refractivity contribution is 9.10. The fourth-order valence-electron chi connectivity index (χ4n) is 2.21. The first kappa shape index (κ1) is 16.0. The quantitative estimate of drug-likeness (QED) is 0.684. The molecular formula is C15H12BrNO5S. The van der Waals surface area contributed by atoms with E-state index in [0.29, 0.717) is 11.2 Å². The number of methoxy groups -OCH3 is 1. The highest BCUT2D eigenvalue weighted by Gasteiger charge is 2.18. The van der Waals surface area contributed by atoms with Crippen LogP contribution >= 0.6 is 15.9 Å². The van der Waals surface area contributed by atoms with Gasteiger partial charge in [0.1, 0.15) is 17.7 Å². The second-order valence-electron chi connectivity index (χ2n) is 4.80. The number of esters is 1. The predicted octanol–water partition coefficient (Wildman–Crippen LogP) is 2.80. The van der Waals surface area contributed by atoms with Crippen LogP contribution in [0.15, 0.2) is 50.2 Å². The fourth-order valence-corrected chi connectivity index (χ4v) is 3.55. The van der Waals surface area contributed by atoms with Crippen molar-refractivity contribution in [3.8, 4) is 0 Å². The van der Waals surface area contributed by atoms with Crippen LogP contribution in [0.4, 0.5) is 0 Å². The molecule has 0 radical (unpaired) electrons. The maximum Gasteiger partial charge on any atom is 0.320 e. The lowest BCUT2D eigenvalue weighted by molar-refractivity contribution is -0.139. The molecule has 0 aliphatic heterocycles. The molecule has 0 aliphatic carbocycles. The van der Waals surface area contributed by atoms with E-state index < -0.39 is 22.5 Å². The van der Waals surface area contributed by atoms with Crippen LogP contribution in [0.25, 0.3) is 21.9 Å². The first-order valence-corrected chi connectivity index (χ1v) is 8.86. The highest BCUT2D eigenvalue weighted by atomic mass is 79.9. The highest BCUT2D eigenvalue weighted by Crippen LogP contribution is 2.32. The molecule has 0 bridgehead atoms. The number of benzene rings is 2. The number of carbonyl (C=O) groups is 1. The minimum atomic E-state index is -3.82. The number of halogens is 1. The standard InChI is InChI=1S/C15H12BrNO5S/c1-21-15(18)8-17-23(19,20)10-3-4-11-12-6-9(16)2-5-13(12)22-14(11)7-10/h2-7,17H,8H2,1H3. The predicted molar refractivity (Wildman–Crippen MR) is 88.6 cm³/mol. The van der Waals surface area contributed by atoms with E-state index in [2.05, 4.69) is 25.4 Å². The summed E-state index contributed by atoms with van der Waals surface area (Å²) in [6.07, 6.45) is 0. The van der Waals surface area contributed by atoms with Crippen LogP contribution in [0.5, 0.6) is 0 Å². The lowest BCUT2D eigenvalue weighted by atomic mass is 10.1. The van der Waals surface area contributed by atoms with E-state index in [0.717, 1.165) is 15.2 Å². The van der Waals surface area contributed by atoms with E-state index in [-0.39, 0.29) is 4.90 Å². The van der Waals surface area contributed by atoms with Crippen LogP contribution < -0.4 is 4.72 Å². The monoisotopic (exact) mass is 397 g/mol. The van der Waals surface area contributed by atoms with Crippen molar-refractivity contribution >= 4 is 53.9 Å². The minimum Gasteiger partial charge on any atom is -0.468 e. The fraction of sp³-hybridized carbons (Fsp3) is 0.133. The topological polar surface area (TPSA) is 85.6 Å². The molecule has 3 aromatic rings. The van der Waals surface area contributed by atoms with Gasteiger partial charge in [-0.15, -0.1) is 0 Å². The Morgan fingerprint density at radius 3 is 2.70 bits per heavy atom. The van der Waals surface area contributed by atoms with Gasteiger partial charge in [-0.1, -0.05) is 15.9 Å². The number of hydrogen-bond acceptors (Lipinski definition) is 5. The van der Waals surface area contributed by atoms with Gasteiger partial charge < -0.3 is 9.15 Å². The summed E-state index contributed by atoms with van der Waals surface area (Å²) in [5, 5.41) is 1.70. The zero-order valence-corrected chi connectivity index (χ0v) is 14.4. The van der Waals surface area contributed by atoms with Gasteiger partial charge in [0, 0.05) is 21.3 Å². The Morgan fingerprint density at radius 1 is 1.17 bits per heavy atom. The number of rotatable bonds is 4. The summed E-state index contributed by atoms with van der Waals surface area (Å²) in [6.45, 7) is -0.427. The van der Waals surface area contributed by atoms with E-state index in [1.54, 1.807) is 6.07 Å². The molecule has 6 nitrogen and oxygen atoms in total. The van der Waals surface area contributed by atoms with Gasteiger partial charge in [0.05, 0.1) is 12.0 Å². The van der Waals surface area contributed by atoms with Gasteiger partial charge in [0.25, 0.3) is 0 Å². The number of sulfonamides is 1. The van der Waals surface area contributed by atoms with Gasteiger partial charge in [0.15, 0.2) is 0 Å². The first-order valence-electron chi connectivity index (χ1n) is 6.59. The zero-order valence-electron chi connectivity index (χ0n) is 12.0. The number of ether oxygens (including phenoxy) is 1. The van der Waals surface area contributed by atoms with Crippen molar-refractivity contribution in [3.05, 3.63) is 40.9 Å². The third-order valence-corrected chi connectivity index (χ3v) is 5.24. The molecule has 0 spiro atoms. The molecule has 0 saturated carbocycles. The largest absolute Gasteiger partial charge is 0.468 e. The first-order chi connectivity index (χ1) is 10.9. The lowest BCUT2D eigenvalue weighted by Crippen LogP contribution is -2.30. The van der Waals surface area contributed by atoms with Crippen LogP contribution in [-0.2, 0) is 19.6 Å². The molecule has 3 rings (SSSR count). The van der Waals surface area contributed by atoms with Crippen LogP contribution in [0.3, 0.4) is 0 Å². The molecule has 0 amide bonds. The Labute approximate surface area is 140 Å². The molecule has 0 saturated heterocycles. The number of hydrogen-bond donors (Lipinski definition) is 1. The van der Waals surface area contributed by atoms with Crippen LogP contribution in [0.2, 0.25) is 0 Å². The zero-order chi connectivity index (χ0) is 16.6. The van der Waals surface area contributed by atoms with E-state index in [9.17, 15) is 13.2 Å². The Bertz CT molecular complexity index is 1010. The summed E-state index contributed by atoms with van der Waals surface area (Å²) < 4.78 is 37.6. The average Bonchev–Trinajstić information content (AvgIpc) is 2.89. The average molecular weight is 398 g/mol. The maximum absolute atomic E-state index is 12.2. The number of fused-ring (bicyclic) bond motifs is 3. The Hall–Kier alpha value is -1.90. The Balaban J connectivity index is 2.03. The summed E-state index contributed by atoms with van der Waals surface area (Å²) in [4.78, 5) is 11.1. The normalized spacial score (nSPS) is 11.9. The summed E-state index contributed by atoms with van der Waals surface area (Å²) in [5.41, 5.74) is 1.12. The van der Waals surface area contributed by atoms with Crippen molar-refractivity contribution in [2.45, 2.75) is 4.90 Å². The van der Waals surface area contributed by atoms with Crippen molar-refractivity contribution < 1.29 is 22.4 Å². The van der Waals surface area contributed by atoms with Gasteiger partial charge in [-0.25, -0.2) is 8.42 Å². The van der Waals surface area contributed by atoms with E-state index >= 15 is 0 Å². The van der Waals surface area contributed by atoms with Gasteiger partial charge >= 0.3 is 5.97 Å². The molecule has 1 N–H and O–H groups in total. The molecule has 120 valence electrons. The van der Waals surface area contributed by atoms with E-state index in [4.69, 9.17) is 4.42 Å². The molecule has 23 heavy (non-hydrogen) atoms. The second kappa shape index (κ2) is 5.95. The van der Waals surface area contributed by atoms with Crippen molar-refractivity contribution in [3.63, 3.8) is 0 Å². The number of furan rings is 1. The molecule has 2 aromatic carbocycles. The Morgan fingerprint density at radius 2 is 1.96 bits per heavy atom. The molecule has 1 aromatic heterocycles. The number of nitrogens with one attached hydrogen (secondary N) is 1. The SMILES string of the molecule is COC(=O)CNS(=O)(=O)c1ccc2c(c1)oc1ccc(Br)cc12. The molecule has 1 heterocycles. The van der Waals surface area contributed by atoms with Gasteiger partial charge in [-0.2, -0.15) is 4.72 Å². The summed E-state index contributed by atoms with van der Waals surface area (Å²) >= 11 is 3.40. The summed E-state index contributed by atoms with van der Waals surface area (Å²) in [6, 6.07) is 10.1. The summed E-state index contributed by atoms with van der Waals surface area (Å²) in [7, 11) is -2.63. The van der Waals surface area contributed by atoms with Crippen molar-refractivity contribution in [2.24, 2.45) is 0 Å². The van der Waals surface area contributed by atoms with Crippen molar-refractivity contribution in [2.75, 3.05) is 13.7 Å². The van der Waals surface area contributed by atoms with E-state index in [1.807, 2.05) is 18.2 Å². The Kier molecular flexibility index (Phi) is 4.13. The van der Waals surface area contributed by atoms with Gasteiger partial charge in [-0.05, 0) is 30.3 Å². The second-order valence-corrected chi connectivity index (χ2v) is 7.48. The number of carbonyl (C=O) groups excluding carboxylic acids is 1. The van der Waals surface area contributed by atoms with E-state index in [1.165, 1.54) is 19.2 Å². The maximum atomic E-state index is 12.2. The van der Waals surface area contributed by atoms with Gasteiger partial charge in [0.2, 0.25) is 10.0 Å². The van der Waals surface area contributed by atoms with Crippen LogP contribution in [0, 0.1) is 0 Å². The molecule has 0 atom stereocenters. The van der Waals surface area contributed by atoms with Gasteiger partial charge in [-0.3, -0.25) is 4.79 Å². The lowest BCUT2D eigenvalue weighted by Gasteiger charge is -2.05. The molecule has 0 aliphatic rings. The smallest absolute Gasteiger partial charge is 0.320 e. The molecule has 0 unspecified atom stereocenters. The third-order valence-electron chi connectivity index (χ3n) is 3.35.